The van der Waals surface area contributed by atoms with Gasteiger partial charge in [0, 0.05) is 17.8 Å². The van der Waals surface area contributed by atoms with Gasteiger partial charge in [0.2, 0.25) is 6.04 Å². The van der Waals surface area contributed by atoms with Gasteiger partial charge in [-0.2, -0.15) is 0 Å². The zero-order chi connectivity index (χ0) is 20.2. The van der Waals surface area contributed by atoms with Crippen LogP contribution in [-0.4, -0.2) is 28.5 Å². The van der Waals surface area contributed by atoms with Gasteiger partial charge in [-0.1, -0.05) is 79.8 Å². The van der Waals surface area contributed by atoms with E-state index in [1.165, 1.54) is 0 Å². The molecule has 0 aliphatic rings. The Morgan fingerprint density at radius 2 is 1.48 bits per heavy atom. The summed E-state index contributed by atoms with van der Waals surface area (Å²) in [5.41, 5.74) is 0. The Kier molecular flexibility index (Phi) is 16.6. The maximum absolute atomic E-state index is 11.0. The lowest BCUT2D eigenvalue weighted by molar-refractivity contribution is -0.533. The van der Waals surface area contributed by atoms with Crippen molar-refractivity contribution in [3.63, 3.8) is 0 Å². The fourth-order valence-corrected chi connectivity index (χ4v) is 2.11. The number of aliphatic hydroxyl groups is 1. The van der Waals surface area contributed by atoms with E-state index in [1.54, 1.807) is 24.5 Å². The minimum atomic E-state index is -1.14. The lowest BCUT2D eigenvalue weighted by Gasteiger charge is -2.12. The van der Waals surface area contributed by atoms with Crippen molar-refractivity contribution in [3.8, 4) is 0 Å². The van der Waals surface area contributed by atoms with Crippen LogP contribution in [0.25, 0.3) is 0 Å². The van der Waals surface area contributed by atoms with Crippen molar-refractivity contribution in [1.82, 2.24) is 0 Å². The van der Waals surface area contributed by atoms with Gasteiger partial charge in [0.1, 0.15) is 6.10 Å². The molecule has 147 valence electrons. The number of allylic oxidation sites excluding steroid dienone is 11. The Hall–Kier alpha value is -2.53. The highest BCUT2D eigenvalue weighted by Gasteiger charge is 2.27. The maximum Gasteiger partial charge on any atom is 0.241 e. The first-order valence-corrected chi connectivity index (χ1v) is 9.25. The highest BCUT2D eigenvalue weighted by molar-refractivity contribution is 5.50. The van der Waals surface area contributed by atoms with Crippen LogP contribution in [0, 0.1) is 10.1 Å². The zero-order valence-electron chi connectivity index (χ0n) is 15.9. The van der Waals surface area contributed by atoms with Crippen molar-refractivity contribution in [2.75, 3.05) is 0 Å². The third-order valence-corrected chi connectivity index (χ3v) is 3.58. The Morgan fingerprint density at radius 1 is 0.926 bits per heavy atom. The van der Waals surface area contributed by atoms with E-state index in [2.05, 4.69) is 37.3 Å². The summed E-state index contributed by atoms with van der Waals surface area (Å²) in [5, 5.41) is 20.7. The van der Waals surface area contributed by atoms with Crippen molar-refractivity contribution >= 4 is 6.29 Å². The molecule has 0 amide bonds. The maximum atomic E-state index is 11.0. The molecule has 0 aliphatic heterocycles. The molecule has 0 fully saturated rings. The fraction of sp³-hybridized carbons (Fsp3) is 0.409. The standard InChI is InChI=1S/C22H30NO4/c1-2-3-4-5-6-7-8-9-10-11-12-13-14-15-16-18-21(23(26)27)22(25)19-17-20-24/h3-4,6-7,9-16,21-22,25H,2,5,8,17-19H2,1H3/b4-3-,7-6-,10-9-,12-11-,14-13-,16-15-. The van der Waals surface area contributed by atoms with Gasteiger partial charge >= 0.3 is 0 Å². The smallest absolute Gasteiger partial charge is 0.241 e. The van der Waals surface area contributed by atoms with E-state index in [4.69, 9.17) is 0 Å². The van der Waals surface area contributed by atoms with Crippen LogP contribution < -0.4 is 0 Å². The van der Waals surface area contributed by atoms with E-state index in [0.717, 1.165) is 19.3 Å². The van der Waals surface area contributed by atoms with E-state index in [9.17, 15) is 20.0 Å². The topological polar surface area (TPSA) is 80.4 Å². The summed E-state index contributed by atoms with van der Waals surface area (Å²) in [6, 6.07) is -1.10. The lowest BCUT2D eigenvalue weighted by Crippen LogP contribution is -2.33. The first-order chi connectivity index (χ1) is 13.1. The molecule has 0 aromatic rings. The Morgan fingerprint density at radius 3 is 2.07 bits per heavy atom. The molecule has 0 aromatic carbocycles. The number of aliphatic hydroxyl groups excluding tert-OH is 1. The van der Waals surface area contributed by atoms with Gasteiger partial charge in [0.25, 0.3) is 0 Å². The van der Waals surface area contributed by atoms with Crippen LogP contribution in [0.1, 0.15) is 45.4 Å². The molecule has 0 heterocycles. The monoisotopic (exact) mass is 372 g/mol. The second kappa shape index (κ2) is 18.3. The molecule has 27 heavy (non-hydrogen) atoms. The summed E-state index contributed by atoms with van der Waals surface area (Å²) in [7, 11) is 0. The molecule has 0 rings (SSSR count). The van der Waals surface area contributed by atoms with Gasteiger partial charge in [0.05, 0.1) is 0 Å². The largest absolute Gasteiger partial charge is 0.386 e. The highest BCUT2D eigenvalue weighted by atomic mass is 16.6. The van der Waals surface area contributed by atoms with Gasteiger partial charge in [-0.15, -0.1) is 0 Å². The summed E-state index contributed by atoms with van der Waals surface area (Å²) in [6.45, 7) is 2.12. The molecule has 2 atom stereocenters. The molecule has 1 N–H and O–H groups in total. The molecule has 0 saturated heterocycles. The normalized spacial score (nSPS) is 15.2. The van der Waals surface area contributed by atoms with Crippen molar-refractivity contribution in [1.29, 1.82) is 0 Å². The van der Waals surface area contributed by atoms with Gasteiger partial charge < -0.3 is 5.11 Å². The van der Waals surface area contributed by atoms with Crippen molar-refractivity contribution in [2.45, 2.75) is 57.6 Å². The number of nitro groups is 1. The van der Waals surface area contributed by atoms with Crippen molar-refractivity contribution in [2.24, 2.45) is 0 Å². The molecular weight excluding hydrogens is 342 g/mol. The van der Waals surface area contributed by atoms with E-state index in [-0.39, 0.29) is 19.3 Å². The van der Waals surface area contributed by atoms with Crippen LogP contribution in [0.5, 0.6) is 0 Å². The third-order valence-electron chi connectivity index (χ3n) is 3.58. The van der Waals surface area contributed by atoms with Crippen molar-refractivity contribution < 1.29 is 14.8 Å². The summed E-state index contributed by atoms with van der Waals surface area (Å²) in [6.07, 6.45) is 26.9. The van der Waals surface area contributed by atoms with Crippen LogP contribution >= 0.6 is 0 Å². The van der Waals surface area contributed by atoms with Crippen molar-refractivity contribution in [3.05, 3.63) is 83.0 Å². The second-order valence-corrected chi connectivity index (χ2v) is 5.79. The van der Waals surface area contributed by atoms with E-state index >= 15 is 0 Å². The molecular formula is C22H30NO4. The Bertz CT molecular complexity index is 571. The predicted molar refractivity (Wildman–Crippen MR) is 111 cm³/mol. The fourth-order valence-electron chi connectivity index (χ4n) is 2.11. The van der Waals surface area contributed by atoms with E-state index in [1.807, 2.05) is 24.3 Å². The first-order valence-electron chi connectivity index (χ1n) is 9.25. The number of carbonyl (C=O) groups excluding carboxylic acids is 1. The number of nitrogens with zero attached hydrogens (tertiary/aromatic N) is 1. The van der Waals surface area contributed by atoms with Crippen LogP contribution in [0.15, 0.2) is 72.9 Å². The number of hydrogen-bond donors (Lipinski definition) is 1. The summed E-state index contributed by atoms with van der Waals surface area (Å²) >= 11 is 0. The predicted octanol–water partition coefficient (Wildman–Crippen LogP) is 4.80. The molecule has 0 aliphatic carbocycles. The highest BCUT2D eigenvalue weighted by Crippen LogP contribution is 2.09. The first kappa shape index (κ1) is 24.5. The van der Waals surface area contributed by atoms with Crippen LogP contribution in [0.2, 0.25) is 0 Å². The molecule has 0 saturated carbocycles. The second-order valence-electron chi connectivity index (χ2n) is 5.79. The number of hydrogen-bond acceptors (Lipinski definition) is 4. The molecule has 0 spiro atoms. The molecule has 0 aromatic heterocycles. The Labute approximate surface area is 162 Å². The van der Waals surface area contributed by atoms with Gasteiger partial charge in [-0.05, 0) is 25.7 Å². The zero-order valence-corrected chi connectivity index (χ0v) is 15.9. The summed E-state index contributed by atoms with van der Waals surface area (Å²) in [5.74, 6) is 0. The van der Waals surface area contributed by atoms with E-state index in [0.29, 0.717) is 0 Å². The molecule has 0 bridgehead atoms. The summed E-state index contributed by atoms with van der Waals surface area (Å²) in [4.78, 5) is 20.6. The third kappa shape index (κ3) is 15.4. The van der Waals surface area contributed by atoms with Crippen LogP contribution in [0.3, 0.4) is 0 Å². The minimum absolute atomic E-state index is 0.000860. The van der Waals surface area contributed by atoms with Crippen LogP contribution in [0.4, 0.5) is 0 Å². The Balaban J connectivity index is 4.09. The molecule has 2 unspecified atom stereocenters. The van der Waals surface area contributed by atoms with Gasteiger partial charge in [0.15, 0.2) is 6.29 Å². The quantitative estimate of drug-likeness (QED) is 0.194. The van der Waals surface area contributed by atoms with Gasteiger partial charge in [-0.3, -0.25) is 14.9 Å². The average molecular weight is 372 g/mol. The molecule has 5 nitrogen and oxygen atoms in total. The number of rotatable bonds is 15. The summed E-state index contributed by atoms with van der Waals surface area (Å²) < 4.78 is 0. The minimum Gasteiger partial charge on any atom is -0.386 e. The van der Waals surface area contributed by atoms with Crippen LogP contribution in [-0.2, 0) is 4.79 Å². The van der Waals surface area contributed by atoms with E-state index < -0.39 is 17.1 Å². The SMILES string of the molecule is CC/C=C\C/C=C\C\C=C/C=C\C=C/C=C\CC(C(O)CC[C]=O)[N+](=O)[O-]. The molecule has 1 radical (unpaired) electrons. The molecule has 5 heteroatoms. The average Bonchev–Trinajstić information content (AvgIpc) is 2.65. The lowest BCUT2D eigenvalue weighted by atomic mass is 10.0. The van der Waals surface area contributed by atoms with Gasteiger partial charge in [-0.25, -0.2) is 0 Å².